The summed E-state index contributed by atoms with van der Waals surface area (Å²) in [5.41, 5.74) is 0.637. The summed E-state index contributed by atoms with van der Waals surface area (Å²) >= 11 is 3.28. The van der Waals surface area contributed by atoms with Gasteiger partial charge in [-0.15, -0.1) is 0 Å². The van der Waals surface area contributed by atoms with Crippen molar-refractivity contribution in [2.24, 2.45) is 0 Å². The first-order valence-corrected chi connectivity index (χ1v) is 5.35. The Hall–Kier alpha value is -0.0851. The molecule has 2 radical (unpaired) electrons. The van der Waals surface area contributed by atoms with Crippen LogP contribution in [0.4, 0.5) is 0 Å². The Morgan fingerprint density at radius 3 is 2.64 bits per heavy atom. The molecule has 0 aromatic heterocycles. The Bertz CT molecular complexity index is 300. The van der Waals surface area contributed by atoms with Crippen LogP contribution in [0.2, 0.25) is 0 Å². The fourth-order valence-electron chi connectivity index (χ4n) is 0.740. The van der Waals surface area contributed by atoms with Gasteiger partial charge in [0.05, 0.1) is 15.7 Å². The molecule has 0 aliphatic carbocycles. The third-order valence-corrected chi connectivity index (χ3v) is 3.18. The van der Waals surface area contributed by atoms with Crippen molar-refractivity contribution in [1.29, 1.82) is 0 Å². The molecule has 1 rings (SSSR count). The fraction of sp³-hybridized carbons (Fsp3) is 0.143. The molecule has 0 N–H and O–H groups in total. The van der Waals surface area contributed by atoms with E-state index in [9.17, 15) is 4.21 Å². The summed E-state index contributed by atoms with van der Waals surface area (Å²) in [4.78, 5) is 0.741. The van der Waals surface area contributed by atoms with Crippen LogP contribution >= 0.6 is 15.9 Å². The van der Waals surface area contributed by atoms with E-state index < -0.39 is 10.8 Å². The Morgan fingerprint density at radius 2 is 2.18 bits per heavy atom. The van der Waals surface area contributed by atoms with Crippen molar-refractivity contribution in [1.82, 2.24) is 0 Å². The van der Waals surface area contributed by atoms with Gasteiger partial charge in [0.15, 0.2) is 0 Å². The third kappa shape index (κ3) is 2.17. The van der Waals surface area contributed by atoms with Gasteiger partial charge in [-0.2, -0.15) is 0 Å². The van der Waals surface area contributed by atoms with E-state index in [4.69, 9.17) is 7.85 Å². The quantitative estimate of drug-likeness (QED) is 0.656. The van der Waals surface area contributed by atoms with Gasteiger partial charge in [-0.05, 0) is 22.0 Å². The van der Waals surface area contributed by atoms with E-state index in [0.717, 1.165) is 9.37 Å². The van der Waals surface area contributed by atoms with Crippen LogP contribution in [-0.4, -0.2) is 18.3 Å². The minimum Gasteiger partial charge on any atom is -0.255 e. The predicted octanol–water partition coefficient (Wildman–Crippen LogP) is 0.980. The fourth-order valence-corrected chi connectivity index (χ4v) is 2.32. The lowest BCUT2D eigenvalue weighted by molar-refractivity contribution is 0.686. The monoisotopic (exact) mass is 228 g/mol. The van der Waals surface area contributed by atoms with Crippen molar-refractivity contribution < 1.29 is 4.21 Å². The van der Waals surface area contributed by atoms with Gasteiger partial charge in [0.1, 0.15) is 7.85 Å². The van der Waals surface area contributed by atoms with Crippen LogP contribution in [0.1, 0.15) is 0 Å². The van der Waals surface area contributed by atoms with Gasteiger partial charge < -0.3 is 0 Å². The van der Waals surface area contributed by atoms with E-state index in [1.807, 2.05) is 0 Å². The van der Waals surface area contributed by atoms with Gasteiger partial charge in [-0.1, -0.05) is 17.6 Å². The first kappa shape index (κ1) is 9.01. The van der Waals surface area contributed by atoms with E-state index in [2.05, 4.69) is 15.9 Å². The van der Waals surface area contributed by atoms with E-state index >= 15 is 0 Å². The summed E-state index contributed by atoms with van der Waals surface area (Å²) in [7, 11) is 4.53. The van der Waals surface area contributed by atoms with E-state index in [-0.39, 0.29) is 0 Å². The molecule has 56 valence electrons. The molecule has 1 aromatic rings. The lowest BCUT2D eigenvalue weighted by atomic mass is 9.97. The zero-order chi connectivity index (χ0) is 8.43. The average molecular weight is 229 g/mol. The normalized spacial score (nSPS) is 12.9. The maximum Gasteiger partial charge on any atom is 0.113 e. The lowest BCUT2D eigenvalue weighted by Crippen LogP contribution is -2.03. The molecule has 0 amide bonds. The van der Waals surface area contributed by atoms with Crippen LogP contribution in [0.5, 0.6) is 0 Å². The molecule has 0 spiro atoms. The molecule has 0 saturated carbocycles. The highest BCUT2D eigenvalue weighted by Gasteiger charge is 2.02. The minimum atomic E-state index is -0.978. The number of halogens is 1. The van der Waals surface area contributed by atoms with Crippen molar-refractivity contribution in [3.8, 4) is 0 Å². The van der Waals surface area contributed by atoms with E-state index in [1.54, 1.807) is 24.5 Å². The van der Waals surface area contributed by atoms with E-state index in [0.29, 0.717) is 5.46 Å². The highest BCUT2D eigenvalue weighted by molar-refractivity contribution is 9.10. The van der Waals surface area contributed by atoms with Crippen molar-refractivity contribution >= 4 is 40.0 Å². The van der Waals surface area contributed by atoms with E-state index in [1.165, 1.54) is 0 Å². The molecular weight excluding hydrogens is 223 g/mol. The molecule has 0 aliphatic rings. The molecule has 0 bridgehead atoms. The number of hydrogen-bond donors (Lipinski definition) is 0. The van der Waals surface area contributed by atoms with Gasteiger partial charge in [0, 0.05) is 10.7 Å². The summed E-state index contributed by atoms with van der Waals surface area (Å²) in [5, 5.41) is 0. The van der Waals surface area contributed by atoms with Crippen molar-refractivity contribution in [3.05, 3.63) is 22.7 Å². The Labute approximate surface area is 78.2 Å². The second-order valence-electron chi connectivity index (χ2n) is 2.14. The molecule has 4 heteroatoms. The molecular formula is C7H6BBrOS. The van der Waals surface area contributed by atoms with Gasteiger partial charge in [0.2, 0.25) is 0 Å². The number of rotatable bonds is 1. The van der Waals surface area contributed by atoms with Gasteiger partial charge >= 0.3 is 0 Å². The zero-order valence-corrected chi connectivity index (χ0v) is 8.41. The third-order valence-electron chi connectivity index (χ3n) is 1.26. The second kappa shape index (κ2) is 3.54. The first-order valence-electron chi connectivity index (χ1n) is 2.99. The number of benzene rings is 1. The summed E-state index contributed by atoms with van der Waals surface area (Å²) in [5.74, 6) is 0. The van der Waals surface area contributed by atoms with Crippen LogP contribution in [0.3, 0.4) is 0 Å². The molecule has 1 nitrogen and oxygen atoms in total. The van der Waals surface area contributed by atoms with Crippen LogP contribution < -0.4 is 5.46 Å². The molecule has 0 aliphatic heterocycles. The van der Waals surface area contributed by atoms with Gasteiger partial charge in [-0.3, -0.25) is 4.21 Å². The smallest absolute Gasteiger partial charge is 0.113 e. The molecule has 11 heavy (non-hydrogen) atoms. The molecule has 0 heterocycles. The van der Waals surface area contributed by atoms with Gasteiger partial charge in [0.25, 0.3) is 0 Å². The molecule has 0 saturated heterocycles. The zero-order valence-electron chi connectivity index (χ0n) is 6.00. The predicted molar refractivity (Wildman–Crippen MR) is 51.9 cm³/mol. The molecule has 1 aromatic carbocycles. The highest BCUT2D eigenvalue weighted by atomic mass is 79.9. The Kier molecular flexibility index (Phi) is 2.90. The lowest BCUT2D eigenvalue weighted by Gasteiger charge is -2.00. The Balaban J connectivity index is 3.23. The molecule has 1 unspecified atom stereocenters. The van der Waals surface area contributed by atoms with Crippen molar-refractivity contribution in [2.45, 2.75) is 4.90 Å². The van der Waals surface area contributed by atoms with Crippen LogP contribution in [0.15, 0.2) is 27.6 Å². The standard InChI is InChI=1S/C7H6BBrOS/c1-11(10)7-4-5(8)2-3-6(7)9/h2-4H,1H3. The van der Waals surface area contributed by atoms with Crippen LogP contribution in [-0.2, 0) is 10.8 Å². The Morgan fingerprint density at radius 1 is 1.55 bits per heavy atom. The summed E-state index contributed by atoms with van der Waals surface area (Å²) in [6, 6.07) is 5.27. The van der Waals surface area contributed by atoms with Gasteiger partial charge in [-0.25, -0.2) is 0 Å². The first-order chi connectivity index (χ1) is 5.11. The summed E-state index contributed by atoms with van der Waals surface area (Å²) in [6.45, 7) is 0. The second-order valence-corrected chi connectivity index (χ2v) is 4.35. The largest absolute Gasteiger partial charge is 0.255 e. The average Bonchev–Trinajstić information content (AvgIpc) is 1.94. The van der Waals surface area contributed by atoms with Crippen LogP contribution in [0, 0.1) is 0 Å². The highest BCUT2D eigenvalue weighted by Crippen LogP contribution is 2.17. The maximum atomic E-state index is 11.0. The molecule has 0 fully saturated rings. The number of hydrogen-bond acceptors (Lipinski definition) is 1. The maximum absolute atomic E-state index is 11.0. The molecule has 1 atom stereocenters. The topological polar surface area (TPSA) is 17.1 Å². The SMILES string of the molecule is [B]c1ccc(Br)c(S(C)=O)c1. The minimum absolute atomic E-state index is 0.637. The van der Waals surface area contributed by atoms with Crippen molar-refractivity contribution in [2.75, 3.05) is 6.26 Å². The summed E-state index contributed by atoms with van der Waals surface area (Å²) in [6.07, 6.45) is 1.62. The van der Waals surface area contributed by atoms with Crippen LogP contribution in [0.25, 0.3) is 0 Å². The summed E-state index contributed by atoms with van der Waals surface area (Å²) < 4.78 is 11.9. The van der Waals surface area contributed by atoms with Crippen molar-refractivity contribution in [3.63, 3.8) is 0 Å².